The summed E-state index contributed by atoms with van der Waals surface area (Å²) >= 11 is 0. The molecule has 11 N–H and O–H groups in total. The Hall–Kier alpha value is -1.90. The van der Waals surface area contributed by atoms with Crippen LogP contribution < -0.4 is 33.7 Å². The van der Waals surface area contributed by atoms with E-state index in [1.54, 1.807) is 0 Å². The minimum absolute atomic E-state index is 0. The number of carbonyl (C=O) groups is 1. The molecule has 0 amide bonds. The Kier molecular flexibility index (Phi) is 8.30. The second-order valence-corrected chi connectivity index (χ2v) is 6.06. The van der Waals surface area contributed by atoms with Gasteiger partial charge >= 0.3 is 5.69 Å². The number of ether oxygens (including phenoxy) is 3. The lowest BCUT2D eigenvalue weighted by Crippen LogP contribution is -2.41. The molecule has 0 saturated carbocycles. The maximum Gasteiger partial charge on any atom is 0.351 e. The Morgan fingerprint density at radius 2 is 2.24 bits per heavy atom. The number of carboxylic acids is 1. The van der Waals surface area contributed by atoms with E-state index in [1.165, 1.54) is 12.3 Å². The van der Waals surface area contributed by atoms with Crippen molar-refractivity contribution in [1.82, 2.24) is 21.9 Å². The largest absolute Gasteiger partial charge is 0.777 e. The van der Waals surface area contributed by atoms with Gasteiger partial charge in [0.1, 0.15) is 5.82 Å². The maximum atomic E-state index is 11.6. The SMILES string of the molecule is Nc1ccn([C@@H]2CO[C@H](COC(C(=O)[O-])P(=O)([O-])O)O2)c(=O)n1.[NH4+].[NH4+]. The number of anilines is 1. The van der Waals surface area contributed by atoms with Crippen LogP contribution in [-0.2, 0) is 23.6 Å². The van der Waals surface area contributed by atoms with Crippen molar-refractivity contribution in [2.24, 2.45) is 0 Å². The van der Waals surface area contributed by atoms with Crippen LogP contribution in [0.15, 0.2) is 17.1 Å². The molecule has 2 rings (SSSR count). The van der Waals surface area contributed by atoms with E-state index >= 15 is 0 Å². The van der Waals surface area contributed by atoms with Crippen LogP contribution in [0.1, 0.15) is 6.23 Å². The zero-order valence-corrected chi connectivity index (χ0v) is 14.3. The number of carbonyl (C=O) groups excluding carboxylic acids is 1. The van der Waals surface area contributed by atoms with Crippen LogP contribution >= 0.6 is 7.60 Å². The number of nitrogen functional groups attached to an aromatic ring is 1. The predicted octanol–water partition coefficient (Wildman–Crippen LogP) is -2.91. The number of quaternary nitrogens is 2. The molecule has 1 saturated heterocycles. The third-order valence-electron chi connectivity index (χ3n) is 2.78. The second-order valence-electron chi connectivity index (χ2n) is 4.46. The van der Waals surface area contributed by atoms with Crippen LogP contribution in [0.25, 0.3) is 0 Å². The molecule has 0 aliphatic carbocycles. The van der Waals surface area contributed by atoms with Crippen LogP contribution in [0.4, 0.5) is 5.82 Å². The highest BCUT2D eigenvalue weighted by atomic mass is 31.2. The topological polar surface area (TPSA) is 262 Å². The van der Waals surface area contributed by atoms with E-state index in [0.717, 1.165) is 4.57 Å². The summed E-state index contributed by atoms with van der Waals surface area (Å²) in [4.78, 5) is 45.3. The van der Waals surface area contributed by atoms with Gasteiger partial charge in [-0.05, 0) is 6.07 Å². The van der Waals surface area contributed by atoms with Crippen LogP contribution in [-0.4, -0.2) is 45.8 Å². The van der Waals surface area contributed by atoms with Gasteiger partial charge in [0.15, 0.2) is 26.0 Å². The average molecular weight is 385 g/mol. The molecular formula is C10H20N5O9P. The highest BCUT2D eigenvalue weighted by Gasteiger charge is 2.31. The number of aromatic nitrogens is 2. The fraction of sp³-hybridized carbons (Fsp3) is 0.500. The lowest BCUT2D eigenvalue weighted by molar-refractivity contribution is -0.316. The van der Waals surface area contributed by atoms with Gasteiger partial charge in [-0.15, -0.1) is 0 Å². The fourth-order valence-corrected chi connectivity index (χ4v) is 2.33. The molecule has 0 bridgehead atoms. The number of nitrogens with two attached hydrogens (primary N) is 1. The highest BCUT2D eigenvalue weighted by molar-refractivity contribution is 7.52. The monoisotopic (exact) mass is 385 g/mol. The number of rotatable bonds is 6. The molecule has 144 valence electrons. The van der Waals surface area contributed by atoms with Crippen LogP contribution in [0, 0.1) is 0 Å². The molecule has 1 aromatic rings. The Labute approximate surface area is 140 Å². The molecule has 1 aliphatic rings. The first-order chi connectivity index (χ1) is 10.7. The summed E-state index contributed by atoms with van der Waals surface area (Å²) in [6.07, 6.45) is -0.706. The van der Waals surface area contributed by atoms with Gasteiger partial charge in [0.05, 0.1) is 19.2 Å². The first-order valence-electron chi connectivity index (χ1n) is 6.16. The molecule has 4 atom stereocenters. The molecule has 2 heterocycles. The predicted molar refractivity (Wildman–Crippen MR) is 79.3 cm³/mol. The van der Waals surface area contributed by atoms with Gasteiger partial charge in [0.2, 0.25) is 0 Å². The summed E-state index contributed by atoms with van der Waals surface area (Å²) < 4.78 is 26.8. The van der Waals surface area contributed by atoms with E-state index in [2.05, 4.69) is 9.72 Å². The van der Waals surface area contributed by atoms with Crippen LogP contribution in [0.5, 0.6) is 0 Å². The zero-order valence-electron chi connectivity index (χ0n) is 13.4. The first kappa shape index (κ1) is 23.1. The van der Waals surface area contributed by atoms with Crippen molar-refractivity contribution in [3.63, 3.8) is 0 Å². The van der Waals surface area contributed by atoms with Crippen molar-refractivity contribution in [2.75, 3.05) is 18.9 Å². The normalized spacial score (nSPS) is 23.0. The van der Waals surface area contributed by atoms with Crippen molar-refractivity contribution in [3.05, 3.63) is 22.7 Å². The Balaban J connectivity index is 0.00000288. The summed E-state index contributed by atoms with van der Waals surface area (Å²) in [5.41, 5.74) is 4.66. The number of hydrogen-bond acceptors (Lipinski definition) is 10. The molecule has 15 heteroatoms. The van der Waals surface area contributed by atoms with Gasteiger partial charge in [-0.2, -0.15) is 4.98 Å². The zero-order chi connectivity index (χ0) is 17.2. The molecule has 0 aromatic carbocycles. The Morgan fingerprint density at radius 3 is 2.76 bits per heavy atom. The van der Waals surface area contributed by atoms with Crippen molar-refractivity contribution < 1.29 is 38.5 Å². The molecule has 0 radical (unpaired) electrons. The van der Waals surface area contributed by atoms with Gasteiger partial charge in [0.25, 0.3) is 0 Å². The second kappa shape index (κ2) is 8.98. The summed E-state index contributed by atoms with van der Waals surface area (Å²) in [7, 11) is -5.30. The summed E-state index contributed by atoms with van der Waals surface area (Å²) in [5, 5.41) is 10.6. The third kappa shape index (κ3) is 5.84. The van der Waals surface area contributed by atoms with E-state index in [9.17, 15) is 24.2 Å². The van der Waals surface area contributed by atoms with Gasteiger partial charge in [-0.25, -0.2) is 4.79 Å². The van der Waals surface area contributed by atoms with Crippen molar-refractivity contribution in [1.29, 1.82) is 0 Å². The quantitative estimate of drug-likeness (QED) is 0.360. The molecule has 25 heavy (non-hydrogen) atoms. The van der Waals surface area contributed by atoms with Gasteiger partial charge in [-0.3, -0.25) is 4.57 Å². The maximum absolute atomic E-state index is 11.6. The van der Waals surface area contributed by atoms with Crippen LogP contribution in [0.3, 0.4) is 0 Å². The molecule has 1 aliphatic heterocycles. The molecule has 14 nitrogen and oxygen atoms in total. The lowest BCUT2D eigenvalue weighted by atomic mass is 10.5. The van der Waals surface area contributed by atoms with E-state index in [-0.39, 0.29) is 24.7 Å². The molecular weight excluding hydrogens is 365 g/mol. The number of aliphatic carboxylic acids is 1. The number of nitrogens with zero attached hydrogens (tertiary/aromatic N) is 2. The van der Waals surface area contributed by atoms with Crippen molar-refractivity contribution in [3.8, 4) is 0 Å². The standard InChI is InChI=1S/C10H14N3O9P.2H3N/c11-5-1-2-13(10(16)12-5)6-3-20-7(22-6)4-21-9(8(14)15)23(17,18)19;;/h1-2,6-7,9H,3-4H2,(H,14,15)(H2,11,12,16)(H2,17,18,19);2*1H3/t6-,7-,9?;;/m0../s1. The summed E-state index contributed by atoms with van der Waals surface area (Å²) in [5.74, 6) is -4.65. The minimum atomic E-state index is -5.30. The van der Waals surface area contributed by atoms with E-state index in [1.807, 2.05) is 0 Å². The van der Waals surface area contributed by atoms with Crippen LogP contribution in [0.2, 0.25) is 0 Å². The van der Waals surface area contributed by atoms with Gasteiger partial charge in [-0.1, -0.05) is 0 Å². The lowest BCUT2D eigenvalue weighted by Gasteiger charge is -2.28. The molecule has 2 unspecified atom stereocenters. The van der Waals surface area contributed by atoms with Crippen molar-refractivity contribution in [2.45, 2.75) is 18.4 Å². The third-order valence-corrected chi connectivity index (χ3v) is 3.74. The van der Waals surface area contributed by atoms with Gasteiger partial charge in [0, 0.05) is 6.20 Å². The smallest absolute Gasteiger partial charge is 0.351 e. The van der Waals surface area contributed by atoms with Gasteiger partial charge < -0.3 is 56.5 Å². The Bertz CT molecular complexity index is 692. The summed E-state index contributed by atoms with van der Waals surface area (Å²) in [6.45, 7) is -0.719. The van der Waals surface area contributed by atoms with E-state index < -0.39 is 44.2 Å². The first-order valence-corrected chi connectivity index (χ1v) is 7.81. The minimum Gasteiger partial charge on any atom is -0.777 e. The molecule has 1 aromatic heterocycles. The van der Waals surface area contributed by atoms with Crippen molar-refractivity contribution >= 4 is 19.4 Å². The Morgan fingerprint density at radius 1 is 1.60 bits per heavy atom. The summed E-state index contributed by atoms with van der Waals surface area (Å²) in [6, 6.07) is 1.36. The van der Waals surface area contributed by atoms with E-state index in [4.69, 9.17) is 20.1 Å². The number of carboxylic acid groups (broad SMARTS) is 1. The molecule has 1 fully saturated rings. The average Bonchev–Trinajstić information content (AvgIpc) is 2.85. The highest BCUT2D eigenvalue weighted by Crippen LogP contribution is 2.37. The van der Waals surface area contributed by atoms with E-state index in [0.29, 0.717) is 0 Å². The number of hydrogen-bond donors (Lipinski definition) is 4. The molecule has 0 spiro atoms. The fourth-order valence-electron chi connectivity index (χ4n) is 1.79.